The summed E-state index contributed by atoms with van der Waals surface area (Å²) in [7, 11) is 0. The summed E-state index contributed by atoms with van der Waals surface area (Å²) < 4.78 is 5.52. The van der Waals surface area contributed by atoms with E-state index in [9.17, 15) is 0 Å². The molecule has 0 spiro atoms. The maximum atomic E-state index is 5.52. The number of nitrogens with one attached hydrogen (secondary N) is 1. The lowest BCUT2D eigenvalue weighted by Gasteiger charge is -2.18. The van der Waals surface area contributed by atoms with E-state index < -0.39 is 0 Å². The van der Waals surface area contributed by atoms with Crippen molar-refractivity contribution in [2.24, 2.45) is 0 Å². The van der Waals surface area contributed by atoms with E-state index in [1.807, 2.05) is 44.3 Å². The number of ether oxygens (including phenoxy) is 1. The zero-order valence-electron chi connectivity index (χ0n) is 12.3. The Morgan fingerprint density at radius 3 is 2.80 bits per heavy atom. The highest BCUT2D eigenvalue weighted by Gasteiger charge is 2.15. The van der Waals surface area contributed by atoms with Crippen molar-refractivity contribution in [1.82, 2.24) is 15.3 Å². The number of aromatic nitrogens is 2. The first-order valence-corrected chi connectivity index (χ1v) is 6.99. The second-order valence-electron chi connectivity index (χ2n) is 4.58. The van der Waals surface area contributed by atoms with Crippen molar-refractivity contribution in [3.8, 4) is 5.75 Å². The van der Waals surface area contributed by atoms with Crippen LogP contribution in [0, 0.1) is 6.92 Å². The van der Waals surface area contributed by atoms with Gasteiger partial charge in [-0.05, 0) is 44.2 Å². The average Bonchev–Trinajstić information content (AvgIpc) is 2.45. The average molecular weight is 271 g/mol. The first-order valence-electron chi connectivity index (χ1n) is 6.99. The van der Waals surface area contributed by atoms with Gasteiger partial charge in [0.15, 0.2) is 0 Å². The van der Waals surface area contributed by atoms with Crippen LogP contribution in [0.4, 0.5) is 0 Å². The lowest BCUT2D eigenvalue weighted by Crippen LogP contribution is -2.23. The van der Waals surface area contributed by atoms with E-state index in [4.69, 9.17) is 4.74 Å². The molecular formula is C16H21N3O. The molecule has 0 saturated carbocycles. The first-order chi connectivity index (χ1) is 9.74. The molecule has 4 nitrogen and oxygen atoms in total. The van der Waals surface area contributed by atoms with E-state index in [1.165, 1.54) is 0 Å². The predicted octanol–water partition coefficient (Wildman–Crippen LogP) is 2.88. The Kier molecular flexibility index (Phi) is 5.07. The van der Waals surface area contributed by atoms with Gasteiger partial charge in [-0.25, -0.2) is 0 Å². The second-order valence-corrected chi connectivity index (χ2v) is 4.58. The molecule has 20 heavy (non-hydrogen) atoms. The van der Waals surface area contributed by atoms with Crippen LogP contribution in [0.2, 0.25) is 0 Å². The Balaban J connectivity index is 2.35. The van der Waals surface area contributed by atoms with E-state index in [0.717, 1.165) is 29.2 Å². The summed E-state index contributed by atoms with van der Waals surface area (Å²) in [4.78, 5) is 8.87. The highest BCUT2D eigenvalue weighted by molar-refractivity contribution is 5.31. The van der Waals surface area contributed by atoms with Crippen molar-refractivity contribution >= 4 is 0 Å². The number of rotatable bonds is 6. The largest absolute Gasteiger partial charge is 0.492 e. The topological polar surface area (TPSA) is 47.0 Å². The van der Waals surface area contributed by atoms with Crippen LogP contribution in [-0.4, -0.2) is 23.1 Å². The molecule has 106 valence electrons. The first kappa shape index (κ1) is 14.5. The Morgan fingerprint density at radius 2 is 2.10 bits per heavy atom. The van der Waals surface area contributed by atoms with Gasteiger partial charge in [0, 0.05) is 11.9 Å². The molecular weight excluding hydrogens is 250 g/mol. The van der Waals surface area contributed by atoms with Gasteiger partial charge in [0.05, 0.1) is 24.5 Å². The summed E-state index contributed by atoms with van der Waals surface area (Å²) in [6.45, 7) is 7.55. The molecule has 0 aliphatic rings. The van der Waals surface area contributed by atoms with Gasteiger partial charge in [-0.2, -0.15) is 0 Å². The van der Waals surface area contributed by atoms with Crippen molar-refractivity contribution in [2.75, 3.05) is 13.2 Å². The molecule has 0 fully saturated rings. The molecule has 0 amide bonds. The molecule has 2 rings (SSSR count). The van der Waals surface area contributed by atoms with Gasteiger partial charge >= 0.3 is 0 Å². The number of hydrogen-bond acceptors (Lipinski definition) is 4. The van der Waals surface area contributed by atoms with Crippen LogP contribution < -0.4 is 10.1 Å². The Hall–Kier alpha value is -1.94. The van der Waals surface area contributed by atoms with Crippen LogP contribution in [0.3, 0.4) is 0 Å². The summed E-state index contributed by atoms with van der Waals surface area (Å²) in [5.41, 5.74) is 3.08. The van der Waals surface area contributed by atoms with E-state index in [2.05, 4.69) is 22.2 Å². The van der Waals surface area contributed by atoms with Crippen molar-refractivity contribution < 1.29 is 4.74 Å². The molecule has 0 bridgehead atoms. The predicted molar refractivity (Wildman–Crippen MR) is 79.9 cm³/mol. The second kappa shape index (κ2) is 7.01. The minimum absolute atomic E-state index is 0.0350. The maximum absolute atomic E-state index is 5.52. The zero-order valence-corrected chi connectivity index (χ0v) is 12.3. The highest BCUT2D eigenvalue weighted by atomic mass is 16.5. The van der Waals surface area contributed by atoms with Gasteiger partial charge in [-0.1, -0.05) is 13.0 Å². The fraction of sp³-hybridized carbons (Fsp3) is 0.375. The van der Waals surface area contributed by atoms with Gasteiger partial charge in [-0.3, -0.25) is 9.97 Å². The third kappa shape index (κ3) is 3.54. The molecule has 0 radical (unpaired) electrons. The van der Waals surface area contributed by atoms with Crippen molar-refractivity contribution in [3.05, 3.63) is 53.6 Å². The Bertz CT molecular complexity index is 557. The zero-order chi connectivity index (χ0) is 14.4. The van der Waals surface area contributed by atoms with E-state index in [1.54, 1.807) is 6.20 Å². The summed E-state index contributed by atoms with van der Waals surface area (Å²) in [5, 5.41) is 3.45. The monoisotopic (exact) mass is 271 g/mol. The van der Waals surface area contributed by atoms with Crippen molar-refractivity contribution in [2.45, 2.75) is 26.8 Å². The normalized spacial score (nSPS) is 12.2. The summed E-state index contributed by atoms with van der Waals surface area (Å²) >= 11 is 0. The molecule has 0 aromatic carbocycles. The molecule has 1 unspecified atom stereocenters. The van der Waals surface area contributed by atoms with Gasteiger partial charge in [0.25, 0.3) is 0 Å². The van der Waals surface area contributed by atoms with E-state index in [-0.39, 0.29) is 6.04 Å². The molecule has 1 N–H and O–H groups in total. The van der Waals surface area contributed by atoms with Gasteiger partial charge in [0.1, 0.15) is 5.75 Å². The molecule has 2 aromatic heterocycles. The van der Waals surface area contributed by atoms with E-state index in [0.29, 0.717) is 6.61 Å². The maximum Gasteiger partial charge on any atom is 0.137 e. The van der Waals surface area contributed by atoms with Crippen LogP contribution >= 0.6 is 0 Å². The number of aryl methyl sites for hydroxylation is 1. The number of hydrogen-bond donors (Lipinski definition) is 1. The third-order valence-electron chi connectivity index (χ3n) is 2.99. The van der Waals surface area contributed by atoms with Crippen LogP contribution in [-0.2, 0) is 0 Å². The number of nitrogens with zero attached hydrogens (tertiary/aromatic N) is 2. The standard InChI is InChI=1S/C16H21N3O/c1-4-18-16(15-8-6-7-12(3)19-15)13-9-14(20-5-2)11-17-10-13/h6-11,16,18H,4-5H2,1-3H3. The quantitative estimate of drug-likeness (QED) is 0.877. The minimum Gasteiger partial charge on any atom is -0.492 e. The number of pyridine rings is 2. The smallest absolute Gasteiger partial charge is 0.137 e. The summed E-state index contributed by atoms with van der Waals surface area (Å²) in [6.07, 6.45) is 3.60. The highest BCUT2D eigenvalue weighted by Crippen LogP contribution is 2.23. The molecule has 2 heterocycles. The van der Waals surface area contributed by atoms with Gasteiger partial charge in [0.2, 0.25) is 0 Å². The Morgan fingerprint density at radius 1 is 1.25 bits per heavy atom. The Labute approximate surface area is 120 Å². The lowest BCUT2D eigenvalue weighted by atomic mass is 10.0. The molecule has 2 aromatic rings. The molecule has 0 saturated heterocycles. The third-order valence-corrected chi connectivity index (χ3v) is 2.99. The van der Waals surface area contributed by atoms with Crippen molar-refractivity contribution in [3.63, 3.8) is 0 Å². The van der Waals surface area contributed by atoms with Crippen LogP contribution in [0.5, 0.6) is 5.75 Å². The van der Waals surface area contributed by atoms with Crippen LogP contribution in [0.1, 0.15) is 36.8 Å². The fourth-order valence-corrected chi connectivity index (χ4v) is 2.16. The van der Waals surface area contributed by atoms with Crippen molar-refractivity contribution in [1.29, 1.82) is 0 Å². The van der Waals surface area contributed by atoms with Crippen LogP contribution in [0.25, 0.3) is 0 Å². The van der Waals surface area contributed by atoms with Gasteiger partial charge < -0.3 is 10.1 Å². The molecule has 4 heteroatoms. The fourth-order valence-electron chi connectivity index (χ4n) is 2.16. The summed E-state index contributed by atoms with van der Waals surface area (Å²) in [6, 6.07) is 8.12. The van der Waals surface area contributed by atoms with E-state index >= 15 is 0 Å². The lowest BCUT2D eigenvalue weighted by molar-refractivity contribution is 0.338. The van der Waals surface area contributed by atoms with Crippen LogP contribution in [0.15, 0.2) is 36.7 Å². The molecule has 0 aliphatic carbocycles. The minimum atomic E-state index is 0.0350. The molecule has 1 atom stereocenters. The SMILES string of the molecule is CCNC(c1cncc(OCC)c1)c1cccc(C)n1. The summed E-state index contributed by atoms with van der Waals surface area (Å²) in [5.74, 6) is 0.792. The van der Waals surface area contributed by atoms with Gasteiger partial charge in [-0.15, -0.1) is 0 Å². The molecule has 0 aliphatic heterocycles.